The molecule has 0 aromatic rings. The molecule has 0 saturated heterocycles. The average Bonchev–Trinajstić information content (AvgIpc) is 2.63. The van der Waals surface area contributed by atoms with Crippen LogP contribution in [-0.4, -0.2) is 92.5 Å². The van der Waals surface area contributed by atoms with Gasteiger partial charge in [0.2, 0.25) is 0 Å². The summed E-state index contributed by atoms with van der Waals surface area (Å²) >= 11 is 0. The summed E-state index contributed by atoms with van der Waals surface area (Å²) in [5.41, 5.74) is 0. The van der Waals surface area contributed by atoms with E-state index in [1.54, 1.807) is 12.2 Å². The molecule has 0 saturated carbocycles. The van der Waals surface area contributed by atoms with Crippen LogP contribution in [0.5, 0.6) is 0 Å². The fraction of sp³-hybridized carbons (Fsp3) is 0.778. The molecule has 0 bridgehead atoms. The summed E-state index contributed by atoms with van der Waals surface area (Å²) in [5.74, 6) is 0. The standard InChI is InChI=1S/C18H34O7/c1-3-5-19-7-9-21-11-13-23-15-17-25-18-16-24-14-12-22-10-8-20-6-4-2/h3-4H,1-2,5-18H2. The van der Waals surface area contributed by atoms with E-state index in [9.17, 15) is 0 Å². The molecule has 25 heavy (non-hydrogen) atoms. The first-order chi connectivity index (χ1) is 12.4. The Balaban J connectivity index is 2.96. The van der Waals surface area contributed by atoms with E-state index in [1.165, 1.54) is 0 Å². The first kappa shape index (κ1) is 24.2. The van der Waals surface area contributed by atoms with E-state index in [1.807, 2.05) is 0 Å². The molecule has 0 spiro atoms. The third kappa shape index (κ3) is 23.2. The first-order valence-electron chi connectivity index (χ1n) is 8.67. The average molecular weight is 362 g/mol. The molecule has 7 nitrogen and oxygen atoms in total. The number of hydrogen-bond donors (Lipinski definition) is 0. The van der Waals surface area contributed by atoms with Crippen molar-refractivity contribution >= 4 is 0 Å². The fourth-order valence-electron chi connectivity index (χ4n) is 1.55. The molecule has 0 aliphatic heterocycles. The van der Waals surface area contributed by atoms with Gasteiger partial charge in [0, 0.05) is 0 Å². The maximum atomic E-state index is 5.39. The summed E-state index contributed by atoms with van der Waals surface area (Å²) in [6.07, 6.45) is 3.43. The molecular formula is C18H34O7. The Hall–Kier alpha value is -0.800. The molecule has 0 aromatic heterocycles. The quantitative estimate of drug-likeness (QED) is 0.213. The molecule has 0 unspecified atom stereocenters. The Morgan fingerprint density at radius 3 is 0.760 bits per heavy atom. The minimum atomic E-state index is 0.545. The molecule has 0 atom stereocenters. The van der Waals surface area contributed by atoms with E-state index in [0.29, 0.717) is 92.5 Å². The molecule has 0 rings (SSSR count). The summed E-state index contributed by atoms with van der Waals surface area (Å²) in [5, 5.41) is 0. The maximum Gasteiger partial charge on any atom is 0.0704 e. The summed E-state index contributed by atoms with van der Waals surface area (Å²) in [7, 11) is 0. The van der Waals surface area contributed by atoms with Crippen molar-refractivity contribution < 1.29 is 33.2 Å². The van der Waals surface area contributed by atoms with Gasteiger partial charge in [-0.05, 0) is 0 Å². The van der Waals surface area contributed by atoms with E-state index >= 15 is 0 Å². The van der Waals surface area contributed by atoms with Crippen LogP contribution in [0, 0.1) is 0 Å². The highest BCUT2D eigenvalue weighted by Crippen LogP contribution is 1.85. The van der Waals surface area contributed by atoms with Crippen molar-refractivity contribution in [1.82, 2.24) is 0 Å². The van der Waals surface area contributed by atoms with Gasteiger partial charge in [-0.25, -0.2) is 0 Å². The van der Waals surface area contributed by atoms with Crippen LogP contribution in [-0.2, 0) is 33.2 Å². The molecule has 0 radical (unpaired) electrons. The van der Waals surface area contributed by atoms with E-state index in [0.717, 1.165) is 0 Å². The minimum Gasteiger partial charge on any atom is -0.377 e. The zero-order valence-electron chi connectivity index (χ0n) is 15.3. The Morgan fingerprint density at radius 1 is 0.360 bits per heavy atom. The minimum absolute atomic E-state index is 0.545. The maximum absolute atomic E-state index is 5.39. The van der Waals surface area contributed by atoms with Crippen LogP contribution >= 0.6 is 0 Å². The molecule has 0 amide bonds. The lowest BCUT2D eigenvalue weighted by molar-refractivity contribution is -0.0189. The van der Waals surface area contributed by atoms with Gasteiger partial charge in [-0.15, -0.1) is 13.2 Å². The van der Waals surface area contributed by atoms with Gasteiger partial charge in [-0.2, -0.15) is 0 Å². The van der Waals surface area contributed by atoms with E-state index in [4.69, 9.17) is 33.2 Å². The summed E-state index contributed by atoms with van der Waals surface area (Å²) < 4.78 is 37.2. The SMILES string of the molecule is C=CCOCCOCCOCCOCCOCCOCCOCC=C. The van der Waals surface area contributed by atoms with Crippen molar-refractivity contribution in [3.8, 4) is 0 Å². The highest BCUT2D eigenvalue weighted by Gasteiger charge is 1.94. The van der Waals surface area contributed by atoms with Crippen molar-refractivity contribution in [2.24, 2.45) is 0 Å². The molecule has 7 heteroatoms. The normalized spacial score (nSPS) is 10.9. The van der Waals surface area contributed by atoms with Crippen molar-refractivity contribution in [3.05, 3.63) is 25.3 Å². The van der Waals surface area contributed by atoms with Crippen molar-refractivity contribution in [3.63, 3.8) is 0 Å². The van der Waals surface area contributed by atoms with Gasteiger partial charge in [0.15, 0.2) is 0 Å². The molecule has 0 aliphatic rings. The van der Waals surface area contributed by atoms with Gasteiger partial charge >= 0.3 is 0 Å². The number of hydrogen-bond acceptors (Lipinski definition) is 7. The van der Waals surface area contributed by atoms with Crippen LogP contribution in [0.1, 0.15) is 0 Å². The largest absolute Gasteiger partial charge is 0.377 e. The fourth-order valence-corrected chi connectivity index (χ4v) is 1.55. The van der Waals surface area contributed by atoms with Gasteiger partial charge in [-0.3, -0.25) is 0 Å². The van der Waals surface area contributed by atoms with E-state index in [2.05, 4.69) is 13.2 Å². The molecule has 0 heterocycles. The second-order valence-corrected chi connectivity index (χ2v) is 4.79. The van der Waals surface area contributed by atoms with Crippen molar-refractivity contribution in [2.75, 3.05) is 92.5 Å². The van der Waals surface area contributed by atoms with Crippen LogP contribution in [0.2, 0.25) is 0 Å². The van der Waals surface area contributed by atoms with Crippen LogP contribution in [0.25, 0.3) is 0 Å². The molecular weight excluding hydrogens is 328 g/mol. The van der Waals surface area contributed by atoms with Crippen LogP contribution in [0.3, 0.4) is 0 Å². The van der Waals surface area contributed by atoms with Crippen LogP contribution < -0.4 is 0 Å². The van der Waals surface area contributed by atoms with E-state index in [-0.39, 0.29) is 0 Å². The predicted molar refractivity (Wildman–Crippen MR) is 96.1 cm³/mol. The second kappa shape index (κ2) is 23.2. The van der Waals surface area contributed by atoms with Crippen LogP contribution in [0.15, 0.2) is 25.3 Å². The molecule has 0 aromatic carbocycles. The first-order valence-corrected chi connectivity index (χ1v) is 8.67. The van der Waals surface area contributed by atoms with E-state index < -0.39 is 0 Å². The van der Waals surface area contributed by atoms with Crippen molar-refractivity contribution in [1.29, 1.82) is 0 Å². The molecule has 0 aliphatic carbocycles. The van der Waals surface area contributed by atoms with Gasteiger partial charge < -0.3 is 33.2 Å². The lowest BCUT2D eigenvalue weighted by Crippen LogP contribution is -2.14. The number of rotatable bonds is 22. The van der Waals surface area contributed by atoms with Crippen molar-refractivity contribution in [2.45, 2.75) is 0 Å². The third-order valence-electron chi connectivity index (χ3n) is 2.70. The van der Waals surface area contributed by atoms with Gasteiger partial charge in [-0.1, -0.05) is 12.2 Å². The third-order valence-corrected chi connectivity index (χ3v) is 2.70. The summed E-state index contributed by atoms with van der Waals surface area (Å²) in [6, 6.07) is 0. The predicted octanol–water partition coefficient (Wildman–Crippen LogP) is 1.47. The zero-order chi connectivity index (χ0) is 18.3. The molecule has 0 N–H and O–H groups in total. The Kier molecular flexibility index (Phi) is 22.5. The van der Waals surface area contributed by atoms with Crippen LogP contribution in [0.4, 0.5) is 0 Å². The van der Waals surface area contributed by atoms with Gasteiger partial charge in [0.25, 0.3) is 0 Å². The molecule has 148 valence electrons. The monoisotopic (exact) mass is 362 g/mol. The highest BCUT2D eigenvalue weighted by atomic mass is 16.6. The smallest absolute Gasteiger partial charge is 0.0704 e. The summed E-state index contributed by atoms with van der Waals surface area (Å²) in [6.45, 7) is 14.9. The Bertz CT molecular complexity index is 248. The lowest BCUT2D eigenvalue weighted by Gasteiger charge is -2.08. The Labute approximate surface area is 151 Å². The lowest BCUT2D eigenvalue weighted by atomic mass is 10.6. The zero-order valence-corrected chi connectivity index (χ0v) is 15.3. The second-order valence-electron chi connectivity index (χ2n) is 4.79. The summed E-state index contributed by atoms with van der Waals surface area (Å²) in [4.78, 5) is 0. The van der Waals surface area contributed by atoms with Gasteiger partial charge in [0.05, 0.1) is 92.5 Å². The Morgan fingerprint density at radius 2 is 0.560 bits per heavy atom. The molecule has 0 fully saturated rings. The highest BCUT2D eigenvalue weighted by molar-refractivity contribution is 4.63. The number of ether oxygens (including phenoxy) is 7. The van der Waals surface area contributed by atoms with Gasteiger partial charge in [0.1, 0.15) is 0 Å². The topological polar surface area (TPSA) is 64.6 Å².